The average molecular weight is 304 g/mol. The fraction of sp³-hybridized carbons (Fsp3) is 0.400. The summed E-state index contributed by atoms with van der Waals surface area (Å²) in [5, 5.41) is 2.91. The van der Waals surface area contributed by atoms with Gasteiger partial charge in [-0.15, -0.1) is 0 Å². The minimum Gasteiger partial charge on any atom is -0.292 e. The Kier molecular flexibility index (Phi) is 2.32. The van der Waals surface area contributed by atoms with E-state index < -0.39 is 17.7 Å². The summed E-state index contributed by atoms with van der Waals surface area (Å²) in [7, 11) is 0. The lowest BCUT2D eigenvalue weighted by atomic mass is 10.3. The van der Waals surface area contributed by atoms with Gasteiger partial charge in [-0.2, -0.15) is 0 Å². The van der Waals surface area contributed by atoms with Crippen molar-refractivity contribution in [1.29, 1.82) is 0 Å². The van der Waals surface area contributed by atoms with E-state index in [1.165, 1.54) is 4.52 Å². The normalized spacial score (nSPS) is 16.0. The van der Waals surface area contributed by atoms with Crippen molar-refractivity contribution >= 4 is 21.6 Å². The Morgan fingerprint density at radius 3 is 2.82 bits per heavy atom. The SMILES string of the molecule is O=c1cc(C(F)F)nc2c(Br)c(C3CC3)[nH]n12. The van der Waals surface area contributed by atoms with Gasteiger partial charge in [-0.25, -0.2) is 18.3 Å². The number of rotatable bonds is 2. The number of aromatic amines is 1. The van der Waals surface area contributed by atoms with E-state index in [-0.39, 0.29) is 5.65 Å². The predicted molar refractivity (Wildman–Crippen MR) is 60.4 cm³/mol. The highest BCUT2D eigenvalue weighted by molar-refractivity contribution is 9.10. The monoisotopic (exact) mass is 303 g/mol. The van der Waals surface area contributed by atoms with Crippen molar-refractivity contribution in [3.8, 4) is 0 Å². The number of hydrogen-bond acceptors (Lipinski definition) is 2. The predicted octanol–water partition coefficient (Wildman–Crippen LogP) is 2.60. The zero-order valence-electron chi connectivity index (χ0n) is 8.58. The molecule has 2 aromatic heterocycles. The second kappa shape index (κ2) is 3.63. The zero-order valence-corrected chi connectivity index (χ0v) is 10.2. The van der Waals surface area contributed by atoms with Crippen molar-refractivity contribution in [2.45, 2.75) is 25.2 Å². The zero-order chi connectivity index (χ0) is 12.2. The van der Waals surface area contributed by atoms with Crippen molar-refractivity contribution in [3.05, 3.63) is 32.3 Å². The molecular formula is C10H8BrF2N3O. The second-order valence-corrected chi connectivity index (χ2v) is 4.89. The van der Waals surface area contributed by atoms with Gasteiger partial charge >= 0.3 is 0 Å². The van der Waals surface area contributed by atoms with Gasteiger partial charge in [0.1, 0.15) is 5.69 Å². The number of fused-ring (bicyclic) bond motifs is 1. The summed E-state index contributed by atoms with van der Waals surface area (Å²) in [5.41, 5.74) is 0.0886. The van der Waals surface area contributed by atoms with Crippen LogP contribution in [0.4, 0.5) is 8.78 Å². The van der Waals surface area contributed by atoms with Crippen LogP contribution in [0.1, 0.15) is 36.6 Å². The molecule has 0 unspecified atom stereocenters. The molecule has 3 rings (SSSR count). The highest BCUT2D eigenvalue weighted by Gasteiger charge is 2.29. The summed E-state index contributed by atoms with van der Waals surface area (Å²) >= 11 is 3.31. The maximum absolute atomic E-state index is 12.5. The van der Waals surface area contributed by atoms with E-state index in [4.69, 9.17) is 0 Å². The number of H-pyrrole nitrogens is 1. The molecule has 0 amide bonds. The molecule has 17 heavy (non-hydrogen) atoms. The molecule has 7 heteroatoms. The van der Waals surface area contributed by atoms with Gasteiger partial charge in [0.25, 0.3) is 12.0 Å². The molecule has 1 aliphatic rings. The first-order valence-corrected chi connectivity index (χ1v) is 5.96. The van der Waals surface area contributed by atoms with Gasteiger partial charge in [-0.05, 0) is 28.8 Å². The first kappa shape index (κ1) is 10.9. The number of nitrogens with one attached hydrogen (secondary N) is 1. The molecule has 90 valence electrons. The number of halogens is 3. The fourth-order valence-electron chi connectivity index (χ4n) is 1.80. The molecule has 1 aliphatic carbocycles. The summed E-state index contributed by atoms with van der Waals surface area (Å²) in [6.45, 7) is 0. The van der Waals surface area contributed by atoms with Crippen molar-refractivity contribution in [2.75, 3.05) is 0 Å². The molecule has 0 spiro atoms. The molecule has 0 atom stereocenters. The minimum atomic E-state index is -2.74. The molecule has 0 aliphatic heterocycles. The Morgan fingerprint density at radius 2 is 2.24 bits per heavy atom. The van der Waals surface area contributed by atoms with Gasteiger partial charge in [0.05, 0.1) is 10.2 Å². The number of hydrogen-bond donors (Lipinski definition) is 1. The van der Waals surface area contributed by atoms with E-state index in [0.717, 1.165) is 24.6 Å². The van der Waals surface area contributed by atoms with Gasteiger partial charge < -0.3 is 0 Å². The molecule has 0 radical (unpaired) electrons. The lowest BCUT2D eigenvalue weighted by Gasteiger charge is -1.98. The van der Waals surface area contributed by atoms with Gasteiger partial charge in [0, 0.05) is 12.0 Å². The standard InChI is InChI=1S/C10H8BrF2N3O/c11-7-8(4-1-2-4)15-16-6(17)3-5(9(12)13)14-10(7)16/h3-4,9,15H,1-2H2. The van der Waals surface area contributed by atoms with Crippen molar-refractivity contribution in [3.63, 3.8) is 0 Å². The van der Waals surface area contributed by atoms with E-state index in [1.54, 1.807) is 0 Å². The number of nitrogens with zero attached hydrogens (tertiary/aromatic N) is 2. The van der Waals surface area contributed by atoms with Crippen LogP contribution in [0.2, 0.25) is 0 Å². The first-order chi connectivity index (χ1) is 8.08. The molecule has 1 saturated carbocycles. The van der Waals surface area contributed by atoms with Crippen LogP contribution in [0.25, 0.3) is 5.65 Å². The van der Waals surface area contributed by atoms with Crippen LogP contribution in [0, 0.1) is 0 Å². The Balaban J connectivity index is 2.29. The average Bonchev–Trinajstić information content (AvgIpc) is 3.05. The molecule has 4 nitrogen and oxygen atoms in total. The van der Waals surface area contributed by atoms with E-state index >= 15 is 0 Å². The molecule has 0 saturated heterocycles. The summed E-state index contributed by atoms with van der Waals surface area (Å²) in [4.78, 5) is 15.5. The van der Waals surface area contributed by atoms with Gasteiger partial charge in [-0.3, -0.25) is 9.89 Å². The topological polar surface area (TPSA) is 50.2 Å². The quantitative estimate of drug-likeness (QED) is 0.927. The maximum atomic E-state index is 12.5. The lowest BCUT2D eigenvalue weighted by Crippen LogP contribution is -2.15. The first-order valence-electron chi connectivity index (χ1n) is 5.17. The second-order valence-electron chi connectivity index (χ2n) is 4.09. The molecule has 2 aromatic rings. The van der Waals surface area contributed by atoms with Gasteiger partial charge in [0.15, 0.2) is 5.65 Å². The summed E-state index contributed by atoms with van der Waals surface area (Å²) in [6, 6.07) is 0.858. The van der Waals surface area contributed by atoms with E-state index in [2.05, 4.69) is 26.0 Å². The van der Waals surface area contributed by atoms with E-state index in [9.17, 15) is 13.6 Å². The van der Waals surface area contributed by atoms with E-state index in [0.29, 0.717) is 10.4 Å². The summed E-state index contributed by atoms with van der Waals surface area (Å²) in [5.74, 6) is 0.375. The van der Waals surface area contributed by atoms with Crippen molar-refractivity contribution in [1.82, 2.24) is 14.6 Å². The highest BCUT2D eigenvalue weighted by atomic mass is 79.9. The van der Waals surface area contributed by atoms with Crippen molar-refractivity contribution < 1.29 is 8.78 Å². The molecule has 2 heterocycles. The van der Waals surface area contributed by atoms with E-state index in [1.807, 2.05) is 0 Å². The third-order valence-electron chi connectivity index (χ3n) is 2.81. The minimum absolute atomic E-state index is 0.231. The van der Waals surface area contributed by atoms with Crippen LogP contribution in [-0.4, -0.2) is 14.6 Å². The summed E-state index contributed by atoms with van der Waals surface area (Å²) < 4.78 is 26.9. The molecular weight excluding hydrogens is 296 g/mol. The Morgan fingerprint density at radius 1 is 1.53 bits per heavy atom. The van der Waals surface area contributed by atoms with Crippen LogP contribution in [0.15, 0.2) is 15.3 Å². The largest absolute Gasteiger partial charge is 0.292 e. The van der Waals surface area contributed by atoms with Crippen LogP contribution < -0.4 is 5.56 Å². The Bertz CT molecular complexity index is 645. The molecule has 1 fully saturated rings. The van der Waals surface area contributed by atoms with Gasteiger partial charge in [-0.1, -0.05) is 0 Å². The number of aromatic nitrogens is 3. The van der Waals surface area contributed by atoms with Crippen LogP contribution in [0.3, 0.4) is 0 Å². The lowest BCUT2D eigenvalue weighted by molar-refractivity contribution is 0.146. The van der Waals surface area contributed by atoms with Gasteiger partial charge in [0.2, 0.25) is 0 Å². The van der Waals surface area contributed by atoms with Crippen LogP contribution in [-0.2, 0) is 0 Å². The fourth-order valence-corrected chi connectivity index (χ4v) is 2.48. The molecule has 1 N–H and O–H groups in total. The Labute approximate surface area is 103 Å². The third-order valence-corrected chi connectivity index (χ3v) is 3.59. The third kappa shape index (κ3) is 1.69. The summed E-state index contributed by atoms with van der Waals surface area (Å²) in [6.07, 6.45) is -0.650. The number of alkyl halides is 2. The Hall–Kier alpha value is -1.24. The van der Waals surface area contributed by atoms with Crippen LogP contribution in [0.5, 0.6) is 0 Å². The van der Waals surface area contributed by atoms with Crippen molar-refractivity contribution in [2.24, 2.45) is 0 Å². The molecule has 0 bridgehead atoms. The van der Waals surface area contributed by atoms with Crippen LogP contribution >= 0.6 is 15.9 Å². The smallest absolute Gasteiger partial charge is 0.280 e. The molecule has 0 aromatic carbocycles. The highest BCUT2D eigenvalue weighted by Crippen LogP contribution is 2.43. The maximum Gasteiger partial charge on any atom is 0.280 e.